The van der Waals surface area contributed by atoms with Crippen molar-refractivity contribution in [3.05, 3.63) is 11.8 Å². The second-order valence-electron chi connectivity index (χ2n) is 8.12. The van der Waals surface area contributed by atoms with Gasteiger partial charge in [-0.05, 0) is 13.8 Å². The molecule has 26 heavy (non-hydrogen) atoms. The molecule has 1 saturated heterocycles. The summed E-state index contributed by atoms with van der Waals surface area (Å²) in [6.07, 6.45) is 1.61. The van der Waals surface area contributed by atoms with Crippen LogP contribution in [0.5, 0.6) is 0 Å². The van der Waals surface area contributed by atoms with Crippen molar-refractivity contribution in [3.8, 4) is 0 Å². The van der Waals surface area contributed by atoms with Crippen LogP contribution in [0.25, 0.3) is 0 Å². The molecule has 0 atom stereocenters. The molecule has 0 saturated carbocycles. The van der Waals surface area contributed by atoms with E-state index >= 15 is 0 Å². The molecule has 1 aromatic rings. The molecular formula is C18H30N4O4. The Morgan fingerprint density at radius 1 is 1.31 bits per heavy atom. The van der Waals surface area contributed by atoms with Crippen LogP contribution < -0.4 is 9.80 Å². The van der Waals surface area contributed by atoms with Crippen molar-refractivity contribution >= 4 is 17.7 Å². The number of aliphatic hydroxyl groups is 1. The number of morpholine rings is 1. The summed E-state index contributed by atoms with van der Waals surface area (Å²) >= 11 is 0. The summed E-state index contributed by atoms with van der Waals surface area (Å²) < 4.78 is 5.41. The molecule has 2 rings (SSSR count). The van der Waals surface area contributed by atoms with Gasteiger partial charge in [0.1, 0.15) is 5.82 Å². The molecule has 146 valence electrons. The van der Waals surface area contributed by atoms with Gasteiger partial charge < -0.3 is 24.7 Å². The molecule has 1 aliphatic rings. The summed E-state index contributed by atoms with van der Waals surface area (Å²) in [5.74, 6) is 0.232. The fourth-order valence-corrected chi connectivity index (χ4v) is 2.88. The first-order chi connectivity index (χ1) is 12.1. The van der Waals surface area contributed by atoms with Crippen LogP contribution in [0.1, 0.15) is 33.3 Å². The van der Waals surface area contributed by atoms with E-state index in [2.05, 4.69) is 9.88 Å². The van der Waals surface area contributed by atoms with Crippen LogP contribution in [0.15, 0.2) is 6.20 Å². The Kier molecular flexibility index (Phi) is 6.08. The van der Waals surface area contributed by atoms with Gasteiger partial charge in [-0.2, -0.15) is 4.98 Å². The SMILES string of the molecule is CN(CC(C)(C)CO)c1ncc(C(C)(C)C(=O)O)c(N2CCOCC2)n1. The minimum atomic E-state index is -1.10. The van der Waals surface area contributed by atoms with Crippen LogP contribution in [-0.2, 0) is 14.9 Å². The largest absolute Gasteiger partial charge is 0.481 e. The summed E-state index contributed by atoms with van der Waals surface area (Å²) in [4.78, 5) is 24.8. The molecular weight excluding hydrogens is 336 g/mol. The zero-order chi connectivity index (χ0) is 19.5. The number of hydrogen-bond donors (Lipinski definition) is 2. The number of anilines is 2. The highest BCUT2D eigenvalue weighted by molar-refractivity contribution is 5.82. The van der Waals surface area contributed by atoms with Gasteiger partial charge in [0.25, 0.3) is 0 Å². The molecule has 8 nitrogen and oxygen atoms in total. The minimum absolute atomic E-state index is 0.0534. The van der Waals surface area contributed by atoms with Crippen molar-refractivity contribution in [3.63, 3.8) is 0 Å². The number of aliphatic carboxylic acids is 1. The average Bonchev–Trinajstić information content (AvgIpc) is 2.61. The van der Waals surface area contributed by atoms with E-state index < -0.39 is 11.4 Å². The summed E-state index contributed by atoms with van der Waals surface area (Å²) in [6.45, 7) is 10.4. The topological polar surface area (TPSA) is 99.0 Å². The van der Waals surface area contributed by atoms with Gasteiger partial charge in [0.2, 0.25) is 5.95 Å². The zero-order valence-corrected chi connectivity index (χ0v) is 16.3. The molecule has 1 fully saturated rings. The van der Waals surface area contributed by atoms with Crippen LogP contribution in [0.2, 0.25) is 0 Å². The second kappa shape index (κ2) is 7.75. The Morgan fingerprint density at radius 2 is 1.92 bits per heavy atom. The third kappa shape index (κ3) is 4.42. The molecule has 0 spiro atoms. The molecule has 1 aliphatic heterocycles. The third-order valence-corrected chi connectivity index (χ3v) is 4.71. The monoisotopic (exact) mass is 366 g/mol. The number of hydrogen-bond acceptors (Lipinski definition) is 7. The highest BCUT2D eigenvalue weighted by Gasteiger charge is 2.35. The maximum absolute atomic E-state index is 11.8. The van der Waals surface area contributed by atoms with Crippen molar-refractivity contribution in [2.45, 2.75) is 33.1 Å². The molecule has 0 unspecified atom stereocenters. The number of rotatable bonds is 7. The first kappa shape index (κ1) is 20.4. The van der Waals surface area contributed by atoms with Crippen molar-refractivity contribution < 1.29 is 19.7 Å². The Labute approximate surface area is 154 Å². The smallest absolute Gasteiger partial charge is 0.313 e. The van der Waals surface area contributed by atoms with Gasteiger partial charge in [-0.3, -0.25) is 4.79 Å². The lowest BCUT2D eigenvalue weighted by molar-refractivity contribution is -0.142. The van der Waals surface area contributed by atoms with Crippen LogP contribution in [0.3, 0.4) is 0 Å². The quantitative estimate of drug-likeness (QED) is 0.741. The van der Waals surface area contributed by atoms with Gasteiger partial charge in [-0.25, -0.2) is 4.98 Å². The standard InChI is InChI=1S/C18H30N4O4/c1-17(2,12-23)11-21(5)16-19-10-13(18(3,4)15(24)25)14(20-16)22-6-8-26-9-7-22/h10,23H,6-9,11-12H2,1-5H3,(H,24,25). The Morgan fingerprint density at radius 3 is 2.46 bits per heavy atom. The summed E-state index contributed by atoms with van der Waals surface area (Å²) in [7, 11) is 1.87. The Balaban J connectivity index is 2.43. The summed E-state index contributed by atoms with van der Waals surface area (Å²) in [5, 5.41) is 19.1. The van der Waals surface area contributed by atoms with Gasteiger partial charge >= 0.3 is 5.97 Å². The molecule has 1 aromatic heterocycles. The predicted octanol–water partition coefficient (Wildman–Crippen LogP) is 1.13. The molecule has 0 bridgehead atoms. The molecule has 0 aromatic carbocycles. The lowest BCUT2D eigenvalue weighted by Gasteiger charge is -2.34. The lowest BCUT2D eigenvalue weighted by Crippen LogP contribution is -2.41. The third-order valence-electron chi connectivity index (χ3n) is 4.71. The van der Waals surface area contributed by atoms with E-state index in [9.17, 15) is 15.0 Å². The fourth-order valence-electron chi connectivity index (χ4n) is 2.88. The van der Waals surface area contributed by atoms with E-state index in [1.165, 1.54) is 0 Å². The van der Waals surface area contributed by atoms with E-state index in [0.29, 0.717) is 50.2 Å². The number of carbonyl (C=O) groups is 1. The lowest BCUT2D eigenvalue weighted by atomic mass is 9.85. The van der Waals surface area contributed by atoms with Gasteiger partial charge in [-0.15, -0.1) is 0 Å². The van der Waals surface area contributed by atoms with E-state index in [1.54, 1.807) is 20.0 Å². The fraction of sp³-hybridized carbons (Fsp3) is 0.722. The normalized spacial score (nSPS) is 15.8. The number of ether oxygens (including phenoxy) is 1. The van der Waals surface area contributed by atoms with Crippen molar-refractivity contribution in [1.29, 1.82) is 0 Å². The number of aliphatic hydroxyl groups excluding tert-OH is 1. The average molecular weight is 366 g/mol. The summed E-state index contributed by atoms with van der Waals surface area (Å²) in [6, 6.07) is 0. The van der Waals surface area contributed by atoms with E-state index in [4.69, 9.17) is 9.72 Å². The number of carboxylic acid groups (broad SMARTS) is 1. The minimum Gasteiger partial charge on any atom is -0.481 e. The van der Waals surface area contributed by atoms with E-state index in [0.717, 1.165) is 0 Å². The summed E-state index contributed by atoms with van der Waals surface area (Å²) in [5.41, 5.74) is -0.809. The van der Waals surface area contributed by atoms with Crippen LogP contribution in [0.4, 0.5) is 11.8 Å². The van der Waals surface area contributed by atoms with E-state index in [-0.39, 0.29) is 12.0 Å². The molecule has 8 heteroatoms. The first-order valence-corrected chi connectivity index (χ1v) is 8.84. The highest BCUT2D eigenvalue weighted by Crippen LogP contribution is 2.32. The number of nitrogens with zero attached hydrogens (tertiary/aromatic N) is 4. The Hall–Kier alpha value is -1.93. The van der Waals surface area contributed by atoms with Crippen molar-refractivity contribution in [1.82, 2.24) is 9.97 Å². The van der Waals surface area contributed by atoms with Gasteiger partial charge in [-0.1, -0.05) is 13.8 Å². The number of carboxylic acids is 1. The second-order valence-corrected chi connectivity index (χ2v) is 8.12. The maximum atomic E-state index is 11.8. The van der Waals surface area contributed by atoms with Gasteiger partial charge in [0.05, 0.1) is 18.6 Å². The van der Waals surface area contributed by atoms with Gasteiger partial charge in [0, 0.05) is 50.5 Å². The van der Waals surface area contributed by atoms with Crippen LogP contribution in [0, 0.1) is 5.41 Å². The van der Waals surface area contributed by atoms with Crippen molar-refractivity contribution in [2.75, 3.05) is 56.3 Å². The molecule has 2 N–H and O–H groups in total. The number of aromatic nitrogens is 2. The van der Waals surface area contributed by atoms with Crippen LogP contribution in [-0.4, -0.2) is 72.7 Å². The van der Waals surface area contributed by atoms with E-state index in [1.807, 2.05) is 25.8 Å². The molecule has 2 heterocycles. The molecule has 0 aliphatic carbocycles. The van der Waals surface area contributed by atoms with Crippen molar-refractivity contribution in [2.24, 2.45) is 5.41 Å². The molecule has 0 radical (unpaired) electrons. The molecule has 0 amide bonds. The predicted molar refractivity (Wildman–Crippen MR) is 99.9 cm³/mol. The van der Waals surface area contributed by atoms with Gasteiger partial charge in [0.15, 0.2) is 0 Å². The zero-order valence-electron chi connectivity index (χ0n) is 16.3. The first-order valence-electron chi connectivity index (χ1n) is 8.84. The maximum Gasteiger partial charge on any atom is 0.313 e. The Bertz CT molecular complexity index is 642. The highest BCUT2D eigenvalue weighted by atomic mass is 16.5. The van der Waals surface area contributed by atoms with Crippen LogP contribution >= 0.6 is 0 Å².